The Kier molecular flexibility index (Phi) is 5.58. The highest BCUT2D eigenvalue weighted by Crippen LogP contribution is 2.64. The molecule has 3 atom stereocenters. The maximum Gasteiger partial charge on any atom is 0.312 e. The van der Waals surface area contributed by atoms with Crippen LogP contribution in [-0.2, 0) is 14.3 Å². The Morgan fingerprint density at radius 3 is 2.17 bits per heavy atom. The molecule has 0 aliphatic heterocycles. The first kappa shape index (κ1) is 21.5. The molecule has 1 N–H and O–H groups in total. The van der Waals surface area contributed by atoms with Crippen LogP contribution in [0.1, 0.15) is 69.7 Å². The van der Waals surface area contributed by atoms with Crippen LogP contribution in [-0.4, -0.2) is 28.1 Å². The highest BCUT2D eigenvalue weighted by molar-refractivity contribution is 9.10. The number of carbonyl (C=O) groups is 3. The molecule has 3 unspecified atom stereocenters. The molecule has 4 aliphatic carbocycles. The van der Waals surface area contributed by atoms with E-state index in [4.69, 9.17) is 4.74 Å². The largest absolute Gasteiger partial charge is 0.454 e. The summed E-state index contributed by atoms with van der Waals surface area (Å²) in [5.41, 5.74) is 0.680. The van der Waals surface area contributed by atoms with Gasteiger partial charge < -0.3 is 10.1 Å². The SMILES string of the molecule is CC(C)C(=O)Nc1ccc(C(=O)C(C)OC(=O)C23CC4CC(CC(Br)(C4)C2)C3)cc1. The molecule has 4 fully saturated rings. The maximum absolute atomic E-state index is 13.2. The number of hydrogen-bond donors (Lipinski definition) is 1. The third-order valence-electron chi connectivity index (χ3n) is 7.04. The van der Waals surface area contributed by atoms with Crippen molar-refractivity contribution < 1.29 is 19.1 Å². The summed E-state index contributed by atoms with van der Waals surface area (Å²) < 4.78 is 5.81. The van der Waals surface area contributed by atoms with Gasteiger partial charge in [-0.3, -0.25) is 14.4 Å². The van der Waals surface area contributed by atoms with E-state index in [1.165, 1.54) is 6.42 Å². The van der Waals surface area contributed by atoms with E-state index in [0.717, 1.165) is 32.1 Å². The second kappa shape index (κ2) is 7.77. The molecular formula is C24H30BrNO4. The highest BCUT2D eigenvalue weighted by Gasteiger charge is 2.60. The fourth-order valence-corrected chi connectivity index (χ4v) is 7.42. The number of halogens is 1. The summed E-state index contributed by atoms with van der Waals surface area (Å²) in [6, 6.07) is 6.74. The average Bonchev–Trinajstić information content (AvgIpc) is 2.65. The first-order valence-corrected chi connectivity index (χ1v) is 11.7. The molecule has 30 heavy (non-hydrogen) atoms. The zero-order chi connectivity index (χ0) is 21.7. The van der Waals surface area contributed by atoms with E-state index in [0.29, 0.717) is 23.1 Å². The van der Waals surface area contributed by atoms with Crippen LogP contribution in [0.3, 0.4) is 0 Å². The van der Waals surface area contributed by atoms with E-state index in [1.54, 1.807) is 31.2 Å². The van der Waals surface area contributed by atoms with Gasteiger partial charge in [-0.1, -0.05) is 29.8 Å². The lowest BCUT2D eigenvalue weighted by Gasteiger charge is -2.58. The van der Waals surface area contributed by atoms with Crippen molar-refractivity contribution in [2.75, 3.05) is 5.32 Å². The number of esters is 1. The number of Topliss-reactive ketones (excluding diaryl/α,β-unsaturated/α-hetero) is 1. The molecule has 0 radical (unpaired) electrons. The summed E-state index contributed by atoms with van der Waals surface area (Å²) in [4.78, 5) is 37.8. The molecule has 5 nitrogen and oxygen atoms in total. The zero-order valence-electron chi connectivity index (χ0n) is 17.9. The van der Waals surface area contributed by atoms with E-state index < -0.39 is 11.5 Å². The van der Waals surface area contributed by atoms with Gasteiger partial charge in [0, 0.05) is 21.5 Å². The standard InChI is InChI=1S/C24H30BrNO4/c1-14(2)21(28)26-19-6-4-18(5-7-19)20(27)15(3)30-22(29)23-9-16-8-17(10-23)12-24(25,11-16)13-23/h4-7,14-17H,8-13H2,1-3H3,(H,26,28). The predicted octanol–water partition coefficient (Wildman–Crippen LogP) is 5.13. The van der Waals surface area contributed by atoms with Crippen LogP contribution < -0.4 is 5.32 Å². The Hall–Kier alpha value is -1.69. The number of amides is 1. The van der Waals surface area contributed by atoms with Crippen molar-refractivity contribution in [3.63, 3.8) is 0 Å². The van der Waals surface area contributed by atoms with Gasteiger partial charge >= 0.3 is 5.97 Å². The second-order valence-electron chi connectivity index (χ2n) is 10.0. The van der Waals surface area contributed by atoms with Gasteiger partial charge in [0.2, 0.25) is 11.7 Å². The Labute approximate surface area is 186 Å². The van der Waals surface area contributed by atoms with E-state index in [1.807, 2.05) is 13.8 Å². The van der Waals surface area contributed by atoms with Crippen molar-refractivity contribution in [1.82, 2.24) is 0 Å². The summed E-state index contributed by atoms with van der Waals surface area (Å²) in [6.07, 6.45) is 5.28. The molecule has 162 valence electrons. The van der Waals surface area contributed by atoms with Gasteiger partial charge in [-0.25, -0.2) is 0 Å². The Bertz CT molecular complexity index is 848. The molecule has 0 heterocycles. The summed E-state index contributed by atoms with van der Waals surface area (Å²) in [5, 5.41) is 2.81. The first-order valence-electron chi connectivity index (χ1n) is 10.9. The maximum atomic E-state index is 13.2. The van der Waals surface area contributed by atoms with Gasteiger partial charge in [0.25, 0.3) is 0 Å². The van der Waals surface area contributed by atoms with Crippen molar-refractivity contribution in [3.8, 4) is 0 Å². The molecule has 4 saturated carbocycles. The summed E-state index contributed by atoms with van der Waals surface area (Å²) in [5.74, 6) is 0.548. The number of carbonyl (C=O) groups excluding carboxylic acids is 3. The number of hydrogen-bond acceptors (Lipinski definition) is 4. The van der Waals surface area contributed by atoms with Crippen molar-refractivity contribution in [2.24, 2.45) is 23.2 Å². The van der Waals surface area contributed by atoms with Crippen molar-refractivity contribution >= 4 is 39.3 Å². The number of rotatable bonds is 6. The van der Waals surface area contributed by atoms with E-state index in [-0.39, 0.29) is 27.9 Å². The van der Waals surface area contributed by atoms with Crippen molar-refractivity contribution in [3.05, 3.63) is 29.8 Å². The molecule has 0 aromatic heterocycles. The molecule has 4 aliphatic rings. The fraction of sp³-hybridized carbons (Fsp3) is 0.625. The lowest BCUT2D eigenvalue weighted by Crippen LogP contribution is -2.56. The molecule has 4 bridgehead atoms. The number of anilines is 1. The molecule has 1 amide bonds. The molecule has 0 spiro atoms. The monoisotopic (exact) mass is 475 g/mol. The van der Waals surface area contributed by atoms with Crippen LogP contribution in [0.5, 0.6) is 0 Å². The predicted molar refractivity (Wildman–Crippen MR) is 119 cm³/mol. The third kappa shape index (κ3) is 4.08. The van der Waals surface area contributed by atoms with E-state index >= 15 is 0 Å². The molecule has 6 heteroatoms. The first-order chi connectivity index (χ1) is 14.1. The summed E-state index contributed by atoms with van der Waals surface area (Å²) in [6.45, 7) is 5.30. The highest BCUT2D eigenvalue weighted by atomic mass is 79.9. The summed E-state index contributed by atoms with van der Waals surface area (Å²) >= 11 is 3.92. The topological polar surface area (TPSA) is 72.5 Å². The van der Waals surface area contributed by atoms with E-state index in [2.05, 4.69) is 21.2 Å². The molecular weight excluding hydrogens is 446 g/mol. The fourth-order valence-electron chi connectivity index (χ4n) is 5.97. The molecule has 1 aromatic carbocycles. The number of benzene rings is 1. The van der Waals surface area contributed by atoms with Crippen LogP contribution in [0.25, 0.3) is 0 Å². The van der Waals surface area contributed by atoms with Crippen molar-refractivity contribution in [1.29, 1.82) is 0 Å². The normalized spacial score (nSPS) is 32.7. The van der Waals surface area contributed by atoms with Crippen molar-refractivity contribution in [2.45, 2.75) is 69.7 Å². The number of ketones is 1. The lowest BCUT2D eigenvalue weighted by atomic mass is 9.49. The molecule has 1 aromatic rings. The quantitative estimate of drug-likeness (QED) is 0.351. The zero-order valence-corrected chi connectivity index (χ0v) is 19.5. The van der Waals surface area contributed by atoms with Gasteiger partial charge in [0.05, 0.1) is 5.41 Å². The van der Waals surface area contributed by atoms with Gasteiger partial charge in [0.15, 0.2) is 6.10 Å². The number of ether oxygens (including phenoxy) is 1. The van der Waals surface area contributed by atoms with Crippen LogP contribution in [0.2, 0.25) is 0 Å². The number of alkyl halides is 1. The Balaban J connectivity index is 1.40. The third-order valence-corrected chi connectivity index (χ3v) is 7.96. The van der Waals surface area contributed by atoms with Gasteiger partial charge in [0.1, 0.15) is 0 Å². The average molecular weight is 476 g/mol. The minimum atomic E-state index is -0.826. The van der Waals surface area contributed by atoms with Crippen LogP contribution in [0.15, 0.2) is 24.3 Å². The molecule has 5 rings (SSSR count). The minimum Gasteiger partial charge on any atom is -0.454 e. The Morgan fingerprint density at radius 1 is 1.03 bits per heavy atom. The second-order valence-corrected chi connectivity index (χ2v) is 11.7. The lowest BCUT2D eigenvalue weighted by molar-refractivity contribution is -0.172. The minimum absolute atomic E-state index is 0.0690. The van der Waals surface area contributed by atoms with Gasteiger partial charge in [-0.2, -0.15) is 0 Å². The van der Waals surface area contributed by atoms with E-state index in [9.17, 15) is 14.4 Å². The van der Waals surface area contributed by atoms with Gasteiger partial charge in [-0.15, -0.1) is 0 Å². The summed E-state index contributed by atoms with van der Waals surface area (Å²) in [7, 11) is 0. The smallest absolute Gasteiger partial charge is 0.312 e. The van der Waals surface area contributed by atoms with Crippen LogP contribution in [0.4, 0.5) is 5.69 Å². The van der Waals surface area contributed by atoms with Gasteiger partial charge in [-0.05, 0) is 81.5 Å². The van der Waals surface area contributed by atoms with Crippen LogP contribution >= 0.6 is 15.9 Å². The molecule has 0 saturated heterocycles. The Morgan fingerprint density at radius 2 is 1.63 bits per heavy atom. The number of nitrogens with one attached hydrogen (secondary N) is 1. The van der Waals surface area contributed by atoms with Crippen LogP contribution in [0, 0.1) is 23.2 Å².